The van der Waals surface area contributed by atoms with Crippen molar-refractivity contribution in [2.45, 2.75) is 32.7 Å². The molecule has 108 valence electrons. The van der Waals surface area contributed by atoms with Crippen LogP contribution in [0.2, 0.25) is 0 Å². The maximum atomic E-state index is 11.2. The lowest BCUT2D eigenvalue weighted by Gasteiger charge is -2.29. The highest BCUT2D eigenvalue weighted by molar-refractivity contribution is 5.93. The average Bonchev–Trinajstić information content (AvgIpc) is 3.18. The number of rotatable bonds is 6. The zero-order chi connectivity index (χ0) is 14.9. The standard InChI is InChI=1S/C14H18N2O4/c1-9(2)15(8-10-3-4-10)11-5-6-13(16(19)20)12(7-11)14(17)18/h5-7,9-10H,3-4,8H2,1-2H3,(H,17,18). The Morgan fingerprint density at radius 3 is 2.60 bits per heavy atom. The zero-order valence-electron chi connectivity index (χ0n) is 11.6. The Kier molecular flexibility index (Phi) is 3.92. The van der Waals surface area contributed by atoms with Crippen molar-refractivity contribution in [3.05, 3.63) is 33.9 Å². The molecule has 0 radical (unpaired) electrons. The van der Waals surface area contributed by atoms with Gasteiger partial charge >= 0.3 is 5.97 Å². The number of carboxylic acid groups (broad SMARTS) is 1. The Bertz CT molecular complexity index is 538. The SMILES string of the molecule is CC(C)N(CC1CC1)c1ccc([N+](=O)[O-])c(C(=O)O)c1. The van der Waals surface area contributed by atoms with E-state index in [-0.39, 0.29) is 17.3 Å². The molecule has 0 saturated heterocycles. The van der Waals surface area contributed by atoms with Crippen LogP contribution in [0.25, 0.3) is 0 Å². The summed E-state index contributed by atoms with van der Waals surface area (Å²) in [5, 5.41) is 20.0. The van der Waals surface area contributed by atoms with Crippen LogP contribution in [-0.2, 0) is 0 Å². The number of hydrogen-bond donors (Lipinski definition) is 1. The number of anilines is 1. The largest absolute Gasteiger partial charge is 0.477 e. The monoisotopic (exact) mass is 278 g/mol. The molecule has 1 fully saturated rings. The van der Waals surface area contributed by atoms with Crippen LogP contribution in [0.3, 0.4) is 0 Å². The number of hydrogen-bond acceptors (Lipinski definition) is 4. The van der Waals surface area contributed by atoms with E-state index in [1.807, 2.05) is 13.8 Å². The van der Waals surface area contributed by atoms with Crippen LogP contribution in [0.15, 0.2) is 18.2 Å². The molecule has 1 aromatic rings. The summed E-state index contributed by atoms with van der Waals surface area (Å²) in [4.78, 5) is 23.5. The van der Waals surface area contributed by atoms with Crippen molar-refractivity contribution in [3.8, 4) is 0 Å². The number of nitrogens with zero attached hydrogens (tertiary/aromatic N) is 2. The summed E-state index contributed by atoms with van der Waals surface area (Å²) in [7, 11) is 0. The molecule has 1 aliphatic carbocycles. The van der Waals surface area contributed by atoms with Crippen LogP contribution in [0.5, 0.6) is 0 Å². The summed E-state index contributed by atoms with van der Waals surface area (Å²) in [5.74, 6) is -0.616. The van der Waals surface area contributed by atoms with Gasteiger partial charge in [-0.2, -0.15) is 0 Å². The maximum absolute atomic E-state index is 11.2. The Morgan fingerprint density at radius 2 is 2.15 bits per heavy atom. The fraction of sp³-hybridized carbons (Fsp3) is 0.500. The molecule has 2 rings (SSSR count). The fourth-order valence-corrected chi connectivity index (χ4v) is 2.23. The van der Waals surface area contributed by atoms with E-state index in [9.17, 15) is 14.9 Å². The average molecular weight is 278 g/mol. The van der Waals surface area contributed by atoms with Gasteiger partial charge in [-0.15, -0.1) is 0 Å². The summed E-state index contributed by atoms with van der Waals surface area (Å²) in [6.45, 7) is 4.93. The summed E-state index contributed by atoms with van der Waals surface area (Å²) < 4.78 is 0. The number of aromatic carboxylic acids is 1. The molecule has 6 heteroatoms. The predicted octanol–water partition coefficient (Wildman–Crippen LogP) is 2.92. The molecule has 0 aliphatic heterocycles. The van der Waals surface area contributed by atoms with E-state index < -0.39 is 10.9 Å². The second-order valence-corrected chi connectivity index (χ2v) is 5.45. The van der Waals surface area contributed by atoms with Crippen molar-refractivity contribution in [1.82, 2.24) is 0 Å². The molecule has 0 amide bonds. The van der Waals surface area contributed by atoms with Crippen molar-refractivity contribution in [2.75, 3.05) is 11.4 Å². The zero-order valence-corrected chi connectivity index (χ0v) is 11.6. The van der Waals surface area contributed by atoms with Crippen molar-refractivity contribution in [2.24, 2.45) is 5.92 Å². The van der Waals surface area contributed by atoms with Gasteiger partial charge in [-0.25, -0.2) is 4.79 Å². The molecule has 1 aliphatic rings. The Morgan fingerprint density at radius 1 is 1.50 bits per heavy atom. The number of carboxylic acids is 1. The minimum Gasteiger partial charge on any atom is -0.477 e. The molecular weight excluding hydrogens is 260 g/mol. The summed E-state index contributed by atoms with van der Waals surface area (Å²) in [5.41, 5.74) is 0.111. The number of benzene rings is 1. The van der Waals surface area contributed by atoms with Gasteiger partial charge in [-0.3, -0.25) is 10.1 Å². The second-order valence-electron chi connectivity index (χ2n) is 5.45. The van der Waals surface area contributed by atoms with Gasteiger partial charge in [-0.1, -0.05) is 0 Å². The molecule has 1 aromatic carbocycles. The molecule has 0 spiro atoms. The van der Waals surface area contributed by atoms with Gasteiger partial charge in [0.2, 0.25) is 0 Å². The van der Waals surface area contributed by atoms with Gasteiger partial charge in [0.25, 0.3) is 5.69 Å². The molecule has 1 saturated carbocycles. The van der Waals surface area contributed by atoms with Crippen LogP contribution in [0.4, 0.5) is 11.4 Å². The third-order valence-corrected chi connectivity index (χ3v) is 3.51. The van der Waals surface area contributed by atoms with Crippen LogP contribution >= 0.6 is 0 Å². The molecular formula is C14H18N2O4. The topological polar surface area (TPSA) is 83.7 Å². The first-order chi connectivity index (χ1) is 9.40. The highest BCUT2D eigenvalue weighted by Gasteiger charge is 2.27. The normalized spacial score (nSPS) is 14.3. The lowest BCUT2D eigenvalue weighted by molar-refractivity contribution is -0.385. The lowest BCUT2D eigenvalue weighted by atomic mass is 10.1. The van der Waals surface area contributed by atoms with Gasteiger partial charge in [0.05, 0.1) is 4.92 Å². The first kappa shape index (κ1) is 14.3. The number of carbonyl (C=O) groups is 1. The first-order valence-electron chi connectivity index (χ1n) is 6.68. The Balaban J connectivity index is 2.37. The van der Waals surface area contributed by atoms with Crippen LogP contribution in [0, 0.1) is 16.0 Å². The van der Waals surface area contributed by atoms with Gasteiger partial charge in [0, 0.05) is 24.3 Å². The van der Waals surface area contributed by atoms with E-state index in [2.05, 4.69) is 4.90 Å². The Labute approximate surface area is 117 Å². The van der Waals surface area contributed by atoms with Crippen molar-refractivity contribution in [3.63, 3.8) is 0 Å². The minimum atomic E-state index is -1.27. The second kappa shape index (κ2) is 5.48. The van der Waals surface area contributed by atoms with E-state index >= 15 is 0 Å². The number of nitro benzene ring substituents is 1. The highest BCUT2D eigenvalue weighted by atomic mass is 16.6. The van der Waals surface area contributed by atoms with Gasteiger partial charge in [0.15, 0.2) is 0 Å². The molecule has 1 N–H and O–H groups in total. The molecule has 0 aromatic heterocycles. The van der Waals surface area contributed by atoms with Crippen LogP contribution in [0.1, 0.15) is 37.0 Å². The lowest BCUT2D eigenvalue weighted by Crippen LogP contribution is -2.32. The highest BCUT2D eigenvalue weighted by Crippen LogP contribution is 2.33. The molecule has 0 bridgehead atoms. The predicted molar refractivity (Wildman–Crippen MR) is 75.3 cm³/mol. The maximum Gasteiger partial charge on any atom is 0.342 e. The van der Waals surface area contributed by atoms with E-state index in [4.69, 9.17) is 5.11 Å². The van der Waals surface area contributed by atoms with E-state index in [1.54, 1.807) is 6.07 Å². The quantitative estimate of drug-likeness (QED) is 0.639. The van der Waals surface area contributed by atoms with E-state index in [0.29, 0.717) is 5.92 Å². The van der Waals surface area contributed by atoms with Gasteiger partial charge < -0.3 is 10.0 Å². The van der Waals surface area contributed by atoms with Gasteiger partial charge in [-0.05, 0) is 44.7 Å². The first-order valence-corrected chi connectivity index (χ1v) is 6.68. The van der Waals surface area contributed by atoms with Crippen LogP contribution < -0.4 is 4.90 Å². The van der Waals surface area contributed by atoms with E-state index in [0.717, 1.165) is 12.2 Å². The molecule has 0 heterocycles. The summed E-state index contributed by atoms with van der Waals surface area (Å²) in [6, 6.07) is 4.54. The third-order valence-electron chi connectivity index (χ3n) is 3.51. The Hall–Kier alpha value is -2.11. The van der Waals surface area contributed by atoms with Crippen molar-refractivity contribution in [1.29, 1.82) is 0 Å². The molecule has 0 unspecified atom stereocenters. The van der Waals surface area contributed by atoms with Crippen molar-refractivity contribution >= 4 is 17.3 Å². The summed E-state index contributed by atoms with van der Waals surface area (Å²) in [6.07, 6.45) is 2.39. The third kappa shape index (κ3) is 3.07. The molecule has 0 atom stereocenters. The van der Waals surface area contributed by atoms with E-state index in [1.165, 1.54) is 25.0 Å². The fourth-order valence-electron chi connectivity index (χ4n) is 2.23. The van der Waals surface area contributed by atoms with Crippen LogP contribution in [-0.4, -0.2) is 28.6 Å². The molecule has 20 heavy (non-hydrogen) atoms. The number of nitro groups is 1. The smallest absolute Gasteiger partial charge is 0.342 e. The van der Waals surface area contributed by atoms with Crippen molar-refractivity contribution < 1.29 is 14.8 Å². The van der Waals surface area contributed by atoms with Gasteiger partial charge in [0.1, 0.15) is 5.56 Å². The minimum absolute atomic E-state index is 0.221. The molecule has 6 nitrogen and oxygen atoms in total. The summed E-state index contributed by atoms with van der Waals surface area (Å²) >= 11 is 0.